The molecule has 0 amide bonds. The van der Waals surface area contributed by atoms with Crippen molar-refractivity contribution < 1.29 is 49.0 Å². The fraction of sp³-hybridized carbons (Fsp3) is 0.317. The van der Waals surface area contributed by atoms with Gasteiger partial charge in [0.05, 0.1) is 0 Å². The van der Waals surface area contributed by atoms with Crippen LogP contribution in [0.25, 0.3) is 32.7 Å². The first kappa shape index (κ1) is 36.3. The van der Waals surface area contributed by atoms with E-state index < -0.39 is 0 Å². The van der Waals surface area contributed by atoms with Gasteiger partial charge in [-0.05, 0) is 36.1 Å². The maximum atomic E-state index is 3.29. The summed E-state index contributed by atoms with van der Waals surface area (Å²) in [5.41, 5.74) is 14.3. The molecule has 0 heterocycles. The van der Waals surface area contributed by atoms with Crippen molar-refractivity contribution >= 4 is 36.4 Å². The van der Waals surface area contributed by atoms with E-state index in [1.54, 1.807) is 0 Å². The third kappa shape index (κ3) is 7.12. The van der Waals surface area contributed by atoms with Gasteiger partial charge in [0.1, 0.15) is 0 Å². The molecule has 0 N–H and O–H groups in total. The summed E-state index contributed by atoms with van der Waals surface area (Å²) in [6.07, 6.45) is 10.3. The van der Waals surface area contributed by atoms with Crippen LogP contribution in [0.4, 0.5) is 0 Å². The molecule has 1 unspecified atom stereocenters. The van der Waals surface area contributed by atoms with Gasteiger partial charge in [-0.15, -0.1) is 46.7 Å². The second kappa shape index (κ2) is 13.7. The van der Waals surface area contributed by atoms with E-state index in [4.69, 9.17) is 0 Å². The zero-order valence-electron chi connectivity index (χ0n) is 27.8. The maximum absolute atomic E-state index is 3.29. The molecule has 3 heteroatoms. The van der Waals surface area contributed by atoms with Crippen LogP contribution in [0.3, 0.4) is 0 Å². The van der Waals surface area contributed by atoms with Gasteiger partial charge in [0.2, 0.25) is 0 Å². The second-order valence-electron chi connectivity index (χ2n) is 13.7. The molecule has 0 aromatic heterocycles. The normalized spacial score (nSPS) is 18.2. The fourth-order valence-electron chi connectivity index (χ4n) is 6.88. The Morgan fingerprint density at radius 1 is 0.705 bits per heavy atom. The first-order valence-electron chi connectivity index (χ1n) is 15.2. The third-order valence-corrected chi connectivity index (χ3v) is 9.97. The molecule has 0 fully saturated rings. The standard InChI is InChI=1S/C25H25.C8H11.C8H8.2ClH.Zr/c1-14-12-24(3,4)22-8-16-7-17-9-23-19(15(2)13-25(23,5)6)11-21(17)20(16)10-18(14)22;1-6-4-7(2)8(3)5-6;1-7-3-5-8(2)6-4-7;;;/h7-13H,1-6H3;4,6H,1-3H3;1,3-6H,2H3;2*1H;/q2*-1;;;;+2/p-2. The van der Waals surface area contributed by atoms with Crippen LogP contribution in [0.2, 0.25) is 0 Å². The van der Waals surface area contributed by atoms with Crippen LogP contribution in [-0.2, 0) is 35.1 Å². The van der Waals surface area contributed by atoms with E-state index in [1.165, 1.54) is 101 Å². The van der Waals surface area contributed by atoms with Crippen molar-refractivity contribution in [2.45, 2.75) is 80.1 Å². The van der Waals surface area contributed by atoms with Gasteiger partial charge in [-0.2, -0.15) is 6.08 Å². The molecular formula is C41H44Cl2Zr-2. The number of hydrogen-bond donors (Lipinski definition) is 0. The van der Waals surface area contributed by atoms with E-state index in [-0.39, 0.29) is 35.6 Å². The number of rotatable bonds is 1. The molecule has 0 saturated heterocycles. The third-order valence-electron chi connectivity index (χ3n) is 9.15. The van der Waals surface area contributed by atoms with Gasteiger partial charge in [0.25, 0.3) is 0 Å². The van der Waals surface area contributed by atoms with Crippen molar-refractivity contribution in [2.75, 3.05) is 0 Å². The largest absolute Gasteiger partial charge is 1.00 e. The summed E-state index contributed by atoms with van der Waals surface area (Å²) >= 11 is 1.47. The van der Waals surface area contributed by atoms with Crippen LogP contribution in [0.15, 0.2) is 84.0 Å². The van der Waals surface area contributed by atoms with Crippen LogP contribution in [0.5, 0.6) is 0 Å². The molecule has 44 heavy (non-hydrogen) atoms. The number of fused-ring (bicyclic) bond motifs is 5. The Kier molecular flexibility index (Phi) is 11.3. The molecule has 0 bridgehead atoms. The van der Waals surface area contributed by atoms with Gasteiger partial charge in [0.15, 0.2) is 0 Å². The SMILES string of the molecule is CC1=CC(C)(C)c2cc3[cH-]c4cc5c(cc4c3cc21)C(C)=CC5(C)C.CC1=[C-]C(C)C=C1C.Cc1ccc([CH]=[Zr+2])cc1.[Cl-].[Cl-]. The van der Waals surface area contributed by atoms with Crippen molar-refractivity contribution in [2.24, 2.45) is 5.92 Å². The van der Waals surface area contributed by atoms with Crippen LogP contribution in [0, 0.1) is 18.9 Å². The summed E-state index contributed by atoms with van der Waals surface area (Å²) in [5, 5.41) is 5.57. The minimum absolute atomic E-state index is 0. The molecule has 0 nitrogen and oxygen atoms in total. The average Bonchev–Trinajstić information content (AvgIpc) is 3.57. The number of allylic oxidation sites excluding steroid dienone is 8. The first-order valence-corrected chi connectivity index (χ1v) is 16.6. The van der Waals surface area contributed by atoms with E-state index in [9.17, 15) is 0 Å². The second-order valence-corrected chi connectivity index (χ2v) is 14.4. The predicted octanol–water partition coefficient (Wildman–Crippen LogP) is 5.13. The van der Waals surface area contributed by atoms with Gasteiger partial charge in [-0.25, -0.2) is 11.1 Å². The molecule has 4 aromatic carbocycles. The number of hydrogen-bond acceptors (Lipinski definition) is 0. The Bertz CT molecular complexity index is 1730. The zero-order chi connectivity index (χ0) is 30.6. The Balaban J connectivity index is 0.000000231. The molecule has 228 valence electrons. The number of halogens is 2. The average molecular weight is 699 g/mol. The maximum Gasteiger partial charge on any atom is -1.00 e. The quantitative estimate of drug-likeness (QED) is 0.242. The van der Waals surface area contributed by atoms with Gasteiger partial charge in [-0.1, -0.05) is 82.9 Å². The van der Waals surface area contributed by atoms with Crippen molar-refractivity contribution in [1.82, 2.24) is 0 Å². The summed E-state index contributed by atoms with van der Waals surface area (Å²) in [6.45, 7) is 22.3. The molecule has 3 aliphatic rings. The fourth-order valence-corrected chi connectivity index (χ4v) is 7.35. The van der Waals surface area contributed by atoms with Crippen LogP contribution in [0.1, 0.15) is 95.7 Å². The zero-order valence-corrected chi connectivity index (χ0v) is 31.8. The predicted molar refractivity (Wildman–Crippen MR) is 182 cm³/mol. The van der Waals surface area contributed by atoms with E-state index in [1.807, 2.05) is 0 Å². The van der Waals surface area contributed by atoms with Crippen molar-refractivity contribution in [3.05, 3.63) is 123 Å². The number of aryl methyl sites for hydroxylation is 1. The summed E-state index contributed by atoms with van der Waals surface area (Å²) in [4.78, 5) is 0. The summed E-state index contributed by atoms with van der Waals surface area (Å²) in [5.74, 6) is 0.551. The molecule has 0 radical (unpaired) electrons. The smallest absolute Gasteiger partial charge is 1.00 e. The molecule has 0 aliphatic heterocycles. The Labute approximate surface area is 292 Å². The summed E-state index contributed by atoms with van der Waals surface area (Å²) in [7, 11) is 0. The minimum atomic E-state index is 0. The van der Waals surface area contributed by atoms with E-state index in [0.29, 0.717) is 5.92 Å². The van der Waals surface area contributed by atoms with Crippen molar-refractivity contribution in [1.29, 1.82) is 0 Å². The molecule has 0 spiro atoms. The van der Waals surface area contributed by atoms with Gasteiger partial charge in [0, 0.05) is 10.8 Å². The van der Waals surface area contributed by atoms with Crippen molar-refractivity contribution in [3.63, 3.8) is 0 Å². The van der Waals surface area contributed by atoms with Crippen LogP contribution in [-0.4, -0.2) is 3.71 Å². The molecule has 4 aromatic rings. The van der Waals surface area contributed by atoms with Crippen LogP contribution < -0.4 is 24.8 Å². The first-order chi connectivity index (χ1) is 19.7. The topological polar surface area (TPSA) is 0 Å². The van der Waals surface area contributed by atoms with Gasteiger partial charge < -0.3 is 24.8 Å². The minimum Gasteiger partial charge on any atom is -1.00 e. The van der Waals surface area contributed by atoms with Gasteiger partial charge in [-0.3, -0.25) is 6.08 Å². The van der Waals surface area contributed by atoms with Gasteiger partial charge >= 0.3 is 70.3 Å². The molecule has 1 atom stereocenters. The summed E-state index contributed by atoms with van der Waals surface area (Å²) in [6, 6.07) is 20.7. The molecule has 7 rings (SSSR count). The monoisotopic (exact) mass is 696 g/mol. The van der Waals surface area contributed by atoms with Crippen LogP contribution >= 0.6 is 0 Å². The molecular weight excluding hydrogens is 655 g/mol. The molecule has 3 aliphatic carbocycles. The molecule has 0 saturated carbocycles. The number of benzene rings is 3. The Morgan fingerprint density at radius 2 is 1.16 bits per heavy atom. The Hall–Kier alpha value is -2.18. The van der Waals surface area contributed by atoms with E-state index in [2.05, 4.69) is 152 Å². The Morgan fingerprint density at radius 3 is 1.50 bits per heavy atom. The van der Waals surface area contributed by atoms with Crippen molar-refractivity contribution in [3.8, 4) is 0 Å². The van der Waals surface area contributed by atoms with E-state index in [0.717, 1.165) is 0 Å². The summed E-state index contributed by atoms with van der Waals surface area (Å²) < 4.78 is 2.19. The van der Waals surface area contributed by atoms with E-state index >= 15 is 0 Å².